The Hall–Kier alpha value is -3.71. The number of hydrogen-bond donors (Lipinski definition) is 2. The average Bonchev–Trinajstić information content (AvgIpc) is 3.23. The van der Waals surface area contributed by atoms with Gasteiger partial charge in [0.2, 0.25) is 5.13 Å². The fourth-order valence-corrected chi connectivity index (χ4v) is 4.06. The molecule has 3 aromatic carbocycles. The summed E-state index contributed by atoms with van der Waals surface area (Å²) in [5.74, 6) is 0.525. The third-order valence-electron chi connectivity index (χ3n) is 4.53. The van der Waals surface area contributed by atoms with E-state index < -0.39 is 6.03 Å². The molecule has 0 bridgehead atoms. The lowest BCUT2D eigenvalue weighted by molar-refractivity contribution is 0.262. The lowest BCUT2D eigenvalue weighted by Gasteiger charge is -2.14. The quantitative estimate of drug-likeness (QED) is 0.443. The molecule has 0 saturated heterocycles. The largest absolute Gasteiger partial charge is 0.495 e. The number of para-hydroxylation sites is 2. The van der Waals surface area contributed by atoms with Crippen LogP contribution >= 0.6 is 11.3 Å². The van der Waals surface area contributed by atoms with E-state index in [4.69, 9.17) is 4.74 Å². The van der Waals surface area contributed by atoms with E-state index in [2.05, 4.69) is 45.1 Å². The first-order chi connectivity index (χ1) is 14.7. The summed E-state index contributed by atoms with van der Waals surface area (Å²) in [5.41, 5.74) is 2.81. The first-order valence-electron chi connectivity index (χ1n) is 9.39. The molecule has 6 nitrogen and oxygen atoms in total. The van der Waals surface area contributed by atoms with Crippen LogP contribution in [-0.4, -0.2) is 23.3 Å². The molecule has 0 aliphatic carbocycles. The van der Waals surface area contributed by atoms with Crippen LogP contribution in [0.3, 0.4) is 0 Å². The molecule has 0 fully saturated rings. The van der Waals surface area contributed by atoms with Crippen molar-refractivity contribution in [2.45, 2.75) is 5.92 Å². The van der Waals surface area contributed by atoms with Gasteiger partial charge in [-0.05, 0) is 23.3 Å². The molecule has 4 aromatic rings. The van der Waals surface area contributed by atoms with Gasteiger partial charge < -0.3 is 10.1 Å². The van der Waals surface area contributed by atoms with Crippen molar-refractivity contribution in [3.8, 4) is 5.75 Å². The Bertz CT molecular complexity index is 1080. The molecular formula is C23H20N4O2S. The molecule has 30 heavy (non-hydrogen) atoms. The highest BCUT2D eigenvalue weighted by Crippen LogP contribution is 2.34. The number of nitrogens with one attached hydrogen (secondary N) is 2. The van der Waals surface area contributed by atoms with Gasteiger partial charge in [0, 0.05) is 0 Å². The molecule has 0 unspecified atom stereocenters. The number of rotatable bonds is 6. The molecule has 0 aliphatic rings. The van der Waals surface area contributed by atoms with Gasteiger partial charge in [-0.15, -0.1) is 10.2 Å². The van der Waals surface area contributed by atoms with Crippen LogP contribution in [0, 0.1) is 0 Å². The van der Waals surface area contributed by atoms with Crippen LogP contribution in [0.4, 0.5) is 15.6 Å². The number of nitrogens with zero attached hydrogens (tertiary/aromatic N) is 2. The Morgan fingerprint density at radius 2 is 1.43 bits per heavy atom. The number of carbonyl (C=O) groups is 1. The zero-order valence-electron chi connectivity index (χ0n) is 16.3. The van der Waals surface area contributed by atoms with Crippen LogP contribution in [0.1, 0.15) is 22.1 Å². The summed E-state index contributed by atoms with van der Waals surface area (Å²) in [7, 11) is 1.56. The molecule has 7 heteroatoms. The smallest absolute Gasteiger partial charge is 0.325 e. The average molecular weight is 417 g/mol. The second-order valence-corrected chi connectivity index (χ2v) is 7.49. The van der Waals surface area contributed by atoms with Crippen molar-refractivity contribution in [3.63, 3.8) is 0 Å². The van der Waals surface area contributed by atoms with Gasteiger partial charge in [0.1, 0.15) is 10.8 Å². The first-order valence-corrected chi connectivity index (χ1v) is 10.2. The highest BCUT2D eigenvalue weighted by Gasteiger charge is 2.21. The van der Waals surface area contributed by atoms with Gasteiger partial charge in [-0.2, -0.15) is 0 Å². The Labute approximate surface area is 178 Å². The third kappa shape index (κ3) is 4.47. The standard InChI is InChI=1S/C23H20N4O2S/c1-29-19-15-9-8-14-18(19)24-22(28)25-23-27-26-21(30-23)20(16-10-4-2-5-11-16)17-12-6-3-7-13-17/h2-15,20H,1H3,(H2,24,25,27,28). The number of hydrogen-bond acceptors (Lipinski definition) is 5. The van der Waals surface area contributed by atoms with Crippen LogP contribution < -0.4 is 15.4 Å². The van der Waals surface area contributed by atoms with E-state index in [-0.39, 0.29) is 5.92 Å². The Morgan fingerprint density at radius 3 is 2.07 bits per heavy atom. The van der Waals surface area contributed by atoms with Crippen LogP contribution in [0.2, 0.25) is 0 Å². The Balaban J connectivity index is 1.55. The topological polar surface area (TPSA) is 76.1 Å². The number of anilines is 2. The maximum Gasteiger partial charge on any atom is 0.325 e. The molecule has 4 rings (SSSR count). The van der Waals surface area contributed by atoms with E-state index in [1.165, 1.54) is 11.3 Å². The molecule has 1 aromatic heterocycles. The van der Waals surface area contributed by atoms with Gasteiger partial charge in [-0.3, -0.25) is 5.32 Å². The molecule has 0 atom stereocenters. The fourth-order valence-electron chi connectivity index (χ4n) is 3.17. The van der Waals surface area contributed by atoms with E-state index in [1.54, 1.807) is 19.2 Å². The van der Waals surface area contributed by atoms with Crippen LogP contribution in [0.15, 0.2) is 84.9 Å². The maximum absolute atomic E-state index is 12.4. The number of urea groups is 1. The molecule has 0 saturated carbocycles. The zero-order valence-corrected chi connectivity index (χ0v) is 17.1. The number of ether oxygens (including phenoxy) is 1. The summed E-state index contributed by atoms with van der Waals surface area (Å²) in [6, 6.07) is 27.1. The predicted octanol–water partition coefficient (Wildman–Crippen LogP) is 5.37. The number of aromatic nitrogens is 2. The number of benzene rings is 3. The molecule has 0 spiro atoms. The third-order valence-corrected chi connectivity index (χ3v) is 5.43. The van der Waals surface area contributed by atoms with E-state index in [9.17, 15) is 4.79 Å². The molecule has 0 aliphatic heterocycles. The van der Waals surface area contributed by atoms with Gasteiger partial charge in [0.05, 0.1) is 18.7 Å². The monoisotopic (exact) mass is 416 g/mol. The highest BCUT2D eigenvalue weighted by molar-refractivity contribution is 7.15. The summed E-state index contributed by atoms with van der Waals surface area (Å²) in [4.78, 5) is 12.4. The van der Waals surface area contributed by atoms with Gasteiger partial charge in [0.15, 0.2) is 0 Å². The first kappa shape index (κ1) is 19.6. The Kier molecular flexibility index (Phi) is 6.01. The normalized spacial score (nSPS) is 10.6. The van der Waals surface area contributed by atoms with Crippen molar-refractivity contribution in [1.82, 2.24) is 10.2 Å². The molecule has 2 N–H and O–H groups in total. The molecular weight excluding hydrogens is 396 g/mol. The number of methoxy groups -OCH3 is 1. The van der Waals surface area contributed by atoms with Crippen LogP contribution in [0.25, 0.3) is 0 Å². The summed E-state index contributed by atoms with van der Waals surface area (Å²) in [6.45, 7) is 0. The van der Waals surface area contributed by atoms with E-state index in [0.717, 1.165) is 16.1 Å². The van der Waals surface area contributed by atoms with Crippen LogP contribution in [-0.2, 0) is 0 Å². The van der Waals surface area contributed by atoms with Gasteiger partial charge in [-0.1, -0.05) is 84.1 Å². The SMILES string of the molecule is COc1ccccc1NC(=O)Nc1nnc(C(c2ccccc2)c2ccccc2)s1. The minimum Gasteiger partial charge on any atom is -0.495 e. The number of carbonyl (C=O) groups excluding carboxylic acids is 1. The van der Waals surface area contributed by atoms with E-state index >= 15 is 0 Å². The van der Waals surface area contributed by atoms with Gasteiger partial charge >= 0.3 is 6.03 Å². The highest BCUT2D eigenvalue weighted by atomic mass is 32.1. The molecule has 150 valence electrons. The van der Waals surface area contributed by atoms with E-state index in [0.29, 0.717) is 16.6 Å². The van der Waals surface area contributed by atoms with Crippen molar-refractivity contribution in [2.24, 2.45) is 0 Å². The van der Waals surface area contributed by atoms with Gasteiger partial charge in [0.25, 0.3) is 0 Å². The van der Waals surface area contributed by atoms with Crippen molar-refractivity contribution in [3.05, 3.63) is 101 Å². The molecule has 0 radical (unpaired) electrons. The minimum atomic E-state index is -0.404. The van der Waals surface area contributed by atoms with Crippen molar-refractivity contribution < 1.29 is 9.53 Å². The Morgan fingerprint density at radius 1 is 0.833 bits per heavy atom. The van der Waals surface area contributed by atoms with Crippen molar-refractivity contribution in [1.29, 1.82) is 0 Å². The van der Waals surface area contributed by atoms with Crippen molar-refractivity contribution >= 4 is 28.2 Å². The lowest BCUT2D eigenvalue weighted by Crippen LogP contribution is -2.19. The lowest BCUT2D eigenvalue weighted by atomic mass is 9.92. The molecule has 1 heterocycles. The minimum absolute atomic E-state index is 0.0577. The fraction of sp³-hybridized carbons (Fsp3) is 0.0870. The van der Waals surface area contributed by atoms with Crippen LogP contribution in [0.5, 0.6) is 5.75 Å². The summed E-state index contributed by atoms with van der Waals surface area (Å²) >= 11 is 1.35. The second-order valence-electron chi connectivity index (χ2n) is 6.48. The number of amides is 2. The van der Waals surface area contributed by atoms with Crippen molar-refractivity contribution in [2.75, 3.05) is 17.7 Å². The summed E-state index contributed by atoms with van der Waals surface area (Å²) < 4.78 is 5.26. The summed E-state index contributed by atoms with van der Waals surface area (Å²) in [5, 5.41) is 15.3. The zero-order chi connectivity index (χ0) is 20.8. The predicted molar refractivity (Wildman–Crippen MR) is 119 cm³/mol. The molecule has 2 amide bonds. The van der Waals surface area contributed by atoms with E-state index in [1.807, 2.05) is 48.5 Å². The van der Waals surface area contributed by atoms with Gasteiger partial charge in [-0.25, -0.2) is 4.79 Å². The maximum atomic E-state index is 12.4. The second kappa shape index (κ2) is 9.19. The summed E-state index contributed by atoms with van der Waals surface area (Å²) in [6.07, 6.45) is 0.